The van der Waals surface area contributed by atoms with Gasteiger partial charge in [0.15, 0.2) is 0 Å². The van der Waals surface area contributed by atoms with Crippen molar-refractivity contribution >= 4 is 45.0 Å². The van der Waals surface area contributed by atoms with Crippen molar-refractivity contribution in [1.29, 1.82) is 0 Å². The highest BCUT2D eigenvalue weighted by atomic mass is 35.5. The van der Waals surface area contributed by atoms with Gasteiger partial charge in [-0.05, 0) is 42.7 Å². The van der Waals surface area contributed by atoms with Crippen LogP contribution in [-0.2, 0) is 14.8 Å². The second-order valence-corrected chi connectivity index (χ2v) is 7.44. The molecule has 0 aliphatic heterocycles. The molecule has 0 saturated carbocycles. The van der Waals surface area contributed by atoms with Crippen LogP contribution in [0.5, 0.6) is 0 Å². The molecule has 0 saturated heterocycles. The van der Waals surface area contributed by atoms with E-state index in [4.69, 9.17) is 11.6 Å². The van der Waals surface area contributed by atoms with Crippen LogP contribution in [0.4, 0.5) is 5.69 Å². The number of carbonyl (C=O) groups excluding carboxylic acids is 1. The molecule has 0 atom stereocenters. The molecular weight excluding hydrogens is 358 g/mol. The first kappa shape index (κ1) is 17.7. The summed E-state index contributed by atoms with van der Waals surface area (Å²) in [6.07, 6.45) is 1.90. The lowest BCUT2D eigenvalue weighted by atomic mass is 10.2. The molecule has 8 heteroatoms. The van der Waals surface area contributed by atoms with E-state index in [-0.39, 0.29) is 15.5 Å². The van der Waals surface area contributed by atoms with Gasteiger partial charge in [-0.3, -0.25) is 4.72 Å². The van der Waals surface area contributed by atoms with Gasteiger partial charge in [-0.15, -0.1) is 11.8 Å². The number of ether oxygens (including phenoxy) is 1. The molecule has 0 aliphatic carbocycles. The Labute approximate surface area is 144 Å². The third-order valence-electron chi connectivity index (χ3n) is 2.98. The van der Waals surface area contributed by atoms with E-state index >= 15 is 0 Å². The van der Waals surface area contributed by atoms with Crippen LogP contribution in [0.2, 0.25) is 5.02 Å². The molecule has 0 aromatic heterocycles. The molecule has 0 heterocycles. The number of hydrogen-bond donors (Lipinski definition) is 1. The predicted octanol–water partition coefficient (Wildman–Crippen LogP) is 3.65. The summed E-state index contributed by atoms with van der Waals surface area (Å²) >= 11 is 7.40. The minimum absolute atomic E-state index is 0.00472. The van der Waals surface area contributed by atoms with Gasteiger partial charge in [-0.25, -0.2) is 13.2 Å². The van der Waals surface area contributed by atoms with E-state index in [2.05, 4.69) is 9.46 Å². The normalized spacial score (nSPS) is 11.1. The molecule has 122 valence electrons. The third kappa shape index (κ3) is 4.19. The Morgan fingerprint density at radius 2 is 1.96 bits per heavy atom. The number of thioether (sulfide) groups is 1. The van der Waals surface area contributed by atoms with Crippen LogP contribution in [-0.4, -0.2) is 27.8 Å². The number of anilines is 1. The molecule has 0 bridgehead atoms. The van der Waals surface area contributed by atoms with Crippen molar-refractivity contribution in [2.45, 2.75) is 9.79 Å². The van der Waals surface area contributed by atoms with Crippen molar-refractivity contribution in [3.05, 3.63) is 53.1 Å². The zero-order valence-electron chi connectivity index (χ0n) is 12.4. The standard InChI is InChI=1S/C15H14ClNO4S2/c1-21-15(18)13-9-12(6-7-14(13)16)23(19,20)17-10-4-3-5-11(8-10)22-2/h3-9,17H,1-2H3. The summed E-state index contributed by atoms with van der Waals surface area (Å²) in [6, 6.07) is 10.9. The number of hydrogen-bond acceptors (Lipinski definition) is 5. The molecule has 23 heavy (non-hydrogen) atoms. The maximum absolute atomic E-state index is 12.5. The quantitative estimate of drug-likeness (QED) is 0.641. The van der Waals surface area contributed by atoms with Gasteiger partial charge in [-0.2, -0.15) is 0 Å². The van der Waals surface area contributed by atoms with Crippen LogP contribution >= 0.6 is 23.4 Å². The maximum Gasteiger partial charge on any atom is 0.339 e. The molecule has 2 aromatic rings. The van der Waals surface area contributed by atoms with E-state index in [1.54, 1.807) is 18.2 Å². The van der Waals surface area contributed by atoms with Gasteiger partial charge in [-0.1, -0.05) is 17.7 Å². The Morgan fingerprint density at radius 3 is 2.61 bits per heavy atom. The van der Waals surface area contributed by atoms with E-state index in [1.165, 1.54) is 37.1 Å². The van der Waals surface area contributed by atoms with E-state index in [9.17, 15) is 13.2 Å². The average molecular weight is 372 g/mol. The zero-order chi connectivity index (χ0) is 17.0. The molecule has 0 amide bonds. The van der Waals surface area contributed by atoms with Crippen molar-refractivity contribution in [3.8, 4) is 0 Å². The Hall–Kier alpha value is -1.70. The van der Waals surface area contributed by atoms with Crippen LogP contribution in [0, 0.1) is 0 Å². The van der Waals surface area contributed by atoms with Crippen molar-refractivity contribution in [2.24, 2.45) is 0 Å². The first-order valence-electron chi connectivity index (χ1n) is 6.42. The van der Waals surface area contributed by atoms with Crippen LogP contribution in [0.3, 0.4) is 0 Å². The van der Waals surface area contributed by atoms with E-state index in [1.807, 2.05) is 12.3 Å². The largest absolute Gasteiger partial charge is 0.465 e. The number of sulfonamides is 1. The SMILES string of the molecule is COC(=O)c1cc(S(=O)(=O)Nc2cccc(SC)c2)ccc1Cl. The van der Waals surface area contributed by atoms with Crippen molar-refractivity contribution in [1.82, 2.24) is 0 Å². The summed E-state index contributed by atoms with van der Waals surface area (Å²) in [5.41, 5.74) is 0.432. The molecule has 2 aromatic carbocycles. The number of carbonyl (C=O) groups is 1. The van der Waals surface area contributed by atoms with Crippen molar-refractivity contribution < 1.29 is 17.9 Å². The fourth-order valence-corrected chi connectivity index (χ4v) is 3.57. The number of nitrogens with one attached hydrogen (secondary N) is 1. The number of methoxy groups -OCH3 is 1. The maximum atomic E-state index is 12.5. The first-order valence-corrected chi connectivity index (χ1v) is 9.50. The van der Waals surface area contributed by atoms with Gasteiger partial charge in [0.25, 0.3) is 10.0 Å². The van der Waals surface area contributed by atoms with E-state index in [0.29, 0.717) is 5.69 Å². The average Bonchev–Trinajstić information content (AvgIpc) is 2.54. The topological polar surface area (TPSA) is 72.5 Å². The van der Waals surface area contributed by atoms with Gasteiger partial charge in [0.1, 0.15) is 0 Å². The summed E-state index contributed by atoms with van der Waals surface area (Å²) in [5, 5.41) is 0.125. The van der Waals surface area contributed by atoms with Crippen LogP contribution < -0.4 is 4.72 Å². The summed E-state index contributed by atoms with van der Waals surface area (Å²) in [4.78, 5) is 12.5. The summed E-state index contributed by atoms with van der Waals surface area (Å²) in [7, 11) is -2.64. The molecule has 0 unspecified atom stereocenters. The Morgan fingerprint density at radius 1 is 1.22 bits per heavy atom. The van der Waals surface area contributed by atoms with Crippen LogP contribution in [0.15, 0.2) is 52.3 Å². The lowest BCUT2D eigenvalue weighted by Gasteiger charge is -2.10. The highest BCUT2D eigenvalue weighted by molar-refractivity contribution is 7.98. The highest BCUT2D eigenvalue weighted by Crippen LogP contribution is 2.24. The molecular formula is C15H14ClNO4S2. The van der Waals surface area contributed by atoms with Gasteiger partial charge >= 0.3 is 5.97 Å². The molecule has 0 spiro atoms. The Bertz CT molecular complexity index is 837. The van der Waals surface area contributed by atoms with Gasteiger partial charge in [0.2, 0.25) is 0 Å². The molecule has 5 nitrogen and oxygen atoms in total. The number of esters is 1. The minimum atomic E-state index is -3.84. The lowest BCUT2D eigenvalue weighted by Crippen LogP contribution is -2.14. The van der Waals surface area contributed by atoms with Gasteiger partial charge in [0, 0.05) is 10.6 Å². The smallest absolute Gasteiger partial charge is 0.339 e. The summed E-state index contributed by atoms with van der Waals surface area (Å²) in [6.45, 7) is 0. The fraction of sp³-hybridized carbons (Fsp3) is 0.133. The number of halogens is 1. The fourth-order valence-electron chi connectivity index (χ4n) is 1.84. The second kappa shape index (κ2) is 7.25. The molecule has 0 radical (unpaired) electrons. The molecule has 2 rings (SSSR count). The summed E-state index contributed by atoms with van der Waals surface area (Å²) < 4.78 is 32.0. The number of rotatable bonds is 5. The number of benzene rings is 2. The third-order valence-corrected chi connectivity index (χ3v) is 5.41. The second-order valence-electron chi connectivity index (χ2n) is 4.47. The molecule has 0 fully saturated rings. The van der Waals surface area contributed by atoms with Crippen molar-refractivity contribution in [3.63, 3.8) is 0 Å². The van der Waals surface area contributed by atoms with Gasteiger partial charge < -0.3 is 4.74 Å². The van der Waals surface area contributed by atoms with Crippen molar-refractivity contribution in [2.75, 3.05) is 18.1 Å². The Balaban J connectivity index is 2.37. The summed E-state index contributed by atoms with van der Waals surface area (Å²) in [5.74, 6) is -0.698. The molecule has 0 aliphatic rings. The minimum Gasteiger partial charge on any atom is -0.465 e. The molecule has 1 N–H and O–H groups in total. The predicted molar refractivity (Wildman–Crippen MR) is 91.8 cm³/mol. The Kier molecular flexibility index (Phi) is 5.56. The zero-order valence-corrected chi connectivity index (χ0v) is 14.8. The van der Waals surface area contributed by atoms with E-state index < -0.39 is 16.0 Å². The highest BCUT2D eigenvalue weighted by Gasteiger charge is 2.19. The monoisotopic (exact) mass is 371 g/mol. The first-order chi connectivity index (χ1) is 10.9. The lowest BCUT2D eigenvalue weighted by molar-refractivity contribution is 0.0600. The van der Waals surface area contributed by atoms with Crippen LogP contribution in [0.1, 0.15) is 10.4 Å². The van der Waals surface area contributed by atoms with Crippen LogP contribution in [0.25, 0.3) is 0 Å². The van der Waals surface area contributed by atoms with E-state index in [0.717, 1.165) is 4.90 Å². The van der Waals surface area contributed by atoms with Gasteiger partial charge in [0.05, 0.1) is 22.6 Å².